The Bertz CT molecular complexity index is 2010. The van der Waals surface area contributed by atoms with Crippen molar-refractivity contribution in [1.82, 2.24) is 35.0 Å². The fraction of sp³-hybridized carbons (Fsp3) is 0.235. The molecule has 0 aliphatic rings. The van der Waals surface area contributed by atoms with E-state index in [2.05, 4.69) is 56.2 Å². The number of fused-ring (bicyclic) bond motifs is 2. The zero-order chi connectivity index (χ0) is 31.7. The number of nitrogens with zero attached hydrogens (tertiary/aromatic N) is 5. The monoisotopic (exact) mass is 607 g/mol. The van der Waals surface area contributed by atoms with E-state index in [4.69, 9.17) is 4.98 Å². The van der Waals surface area contributed by atoms with Gasteiger partial charge in [-0.15, -0.1) is 0 Å². The fourth-order valence-electron chi connectivity index (χ4n) is 5.38. The van der Waals surface area contributed by atoms with Gasteiger partial charge in [0.2, 0.25) is 0 Å². The minimum absolute atomic E-state index is 0.293. The summed E-state index contributed by atoms with van der Waals surface area (Å²) in [6.45, 7) is 9.79. The van der Waals surface area contributed by atoms with E-state index in [1.807, 2.05) is 31.1 Å². The first-order chi connectivity index (χ1) is 21.7. The number of nitrogens with one attached hydrogen (secondary N) is 4. The number of H-pyrrole nitrogens is 2. The second-order valence-corrected chi connectivity index (χ2v) is 11.8. The lowest BCUT2D eigenvalue weighted by atomic mass is 10.0. The molecule has 0 radical (unpaired) electrons. The molecule has 0 unspecified atom stereocenters. The van der Waals surface area contributed by atoms with Gasteiger partial charge in [-0.25, -0.2) is 13.8 Å². The van der Waals surface area contributed by atoms with Crippen LogP contribution < -0.4 is 10.6 Å². The third-order valence-corrected chi connectivity index (χ3v) is 7.38. The number of allylic oxidation sites excluding steroid dienone is 1. The highest BCUT2D eigenvalue weighted by Gasteiger charge is 2.21. The summed E-state index contributed by atoms with van der Waals surface area (Å²) >= 11 is 0. The van der Waals surface area contributed by atoms with Gasteiger partial charge in [-0.3, -0.25) is 15.1 Å². The van der Waals surface area contributed by atoms with Crippen molar-refractivity contribution in [2.75, 3.05) is 37.8 Å². The lowest BCUT2D eigenvalue weighted by Crippen LogP contribution is -2.20. The molecule has 2 aromatic carbocycles. The molecule has 11 heteroatoms. The summed E-state index contributed by atoms with van der Waals surface area (Å²) in [5.41, 5.74) is 6.34. The van der Waals surface area contributed by atoms with Crippen molar-refractivity contribution >= 4 is 33.3 Å². The lowest BCUT2D eigenvalue weighted by molar-refractivity contribution is 0.425. The predicted molar refractivity (Wildman–Crippen MR) is 177 cm³/mol. The number of aromatic nitrogens is 6. The number of likely N-dealkylation sites (N-methyl/N-ethyl adjacent to an activating group) is 1. The maximum atomic E-state index is 16.3. The molecule has 230 valence electrons. The van der Waals surface area contributed by atoms with E-state index < -0.39 is 5.82 Å². The van der Waals surface area contributed by atoms with Gasteiger partial charge in [-0.2, -0.15) is 5.10 Å². The van der Waals surface area contributed by atoms with Crippen LogP contribution in [-0.4, -0.2) is 62.2 Å². The van der Waals surface area contributed by atoms with Crippen LogP contribution in [0.4, 0.5) is 20.2 Å². The lowest BCUT2D eigenvalue weighted by Gasteiger charge is -2.12. The molecule has 4 N–H and O–H groups in total. The van der Waals surface area contributed by atoms with Crippen LogP contribution in [0.2, 0.25) is 0 Å². The molecule has 0 aliphatic carbocycles. The maximum absolute atomic E-state index is 16.3. The van der Waals surface area contributed by atoms with Gasteiger partial charge in [0, 0.05) is 53.6 Å². The Labute approximate surface area is 259 Å². The van der Waals surface area contributed by atoms with Gasteiger partial charge < -0.3 is 20.5 Å². The van der Waals surface area contributed by atoms with Crippen LogP contribution in [-0.2, 0) is 0 Å². The standard InChI is InChI=1S/C34H35F2N9/c1-19(2)12-20(3)40-25-15-22(17-37-18-25)26-6-7-27-29(30(26)36)33(44-43-27)34-41-28-8-9-39-31(32(28)42-34)21-13-23(35)16-24(14-21)38-10-11-45(4)5/h6-9,13-19,38,40H,3,10-12H2,1-2,4-5H3,(H,41,42)(H,43,44). The topological polar surface area (TPSA) is 110 Å². The molecular formula is C34H35F2N9. The van der Waals surface area contributed by atoms with Gasteiger partial charge in [0.15, 0.2) is 5.82 Å². The Morgan fingerprint density at radius 2 is 1.80 bits per heavy atom. The normalized spacial score (nSPS) is 11.6. The summed E-state index contributed by atoms with van der Waals surface area (Å²) in [4.78, 5) is 19.0. The average molecular weight is 608 g/mol. The van der Waals surface area contributed by atoms with Gasteiger partial charge >= 0.3 is 0 Å². The third kappa shape index (κ3) is 6.39. The van der Waals surface area contributed by atoms with E-state index >= 15 is 4.39 Å². The molecule has 9 nitrogen and oxygen atoms in total. The maximum Gasteiger partial charge on any atom is 0.159 e. The molecule has 0 aliphatic heterocycles. The number of halogens is 2. The van der Waals surface area contributed by atoms with Crippen LogP contribution in [0.1, 0.15) is 20.3 Å². The van der Waals surface area contributed by atoms with Gasteiger partial charge in [0.25, 0.3) is 0 Å². The van der Waals surface area contributed by atoms with Gasteiger partial charge in [-0.1, -0.05) is 20.4 Å². The number of benzene rings is 2. The fourth-order valence-corrected chi connectivity index (χ4v) is 5.38. The van der Waals surface area contributed by atoms with Crippen LogP contribution >= 0.6 is 0 Å². The van der Waals surface area contributed by atoms with Gasteiger partial charge in [-0.05, 0) is 68.9 Å². The molecule has 0 saturated heterocycles. The smallest absolute Gasteiger partial charge is 0.159 e. The quantitative estimate of drug-likeness (QED) is 0.121. The van der Waals surface area contributed by atoms with E-state index in [1.54, 1.807) is 36.8 Å². The first-order valence-corrected chi connectivity index (χ1v) is 14.8. The SMILES string of the molecule is C=C(CC(C)C)Nc1cncc(-c2ccc3[nH]nc(-c4nc5c(-c6cc(F)cc(NCCN(C)C)c6)nccc5[nH]4)c3c2F)c1. The molecule has 4 aromatic heterocycles. The highest BCUT2D eigenvalue weighted by atomic mass is 19.1. The number of aromatic amines is 2. The number of anilines is 2. The molecule has 6 rings (SSSR count). The van der Waals surface area contributed by atoms with Crippen molar-refractivity contribution in [2.24, 2.45) is 5.92 Å². The Morgan fingerprint density at radius 1 is 0.978 bits per heavy atom. The van der Waals surface area contributed by atoms with Crippen molar-refractivity contribution in [2.45, 2.75) is 20.3 Å². The van der Waals surface area contributed by atoms with Crippen molar-refractivity contribution in [3.8, 4) is 33.9 Å². The minimum Gasteiger partial charge on any atom is -0.384 e. The molecule has 0 saturated carbocycles. The summed E-state index contributed by atoms with van der Waals surface area (Å²) in [7, 11) is 3.96. The first-order valence-electron chi connectivity index (χ1n) is 14.8. The van der Waals surface area contributed by atoms with Crippen LogP contribution in [0.3, 0.4) is 0 Å². The predicted octanol–water partition coefficient (Wildman–Crippen LogP) is 7.45. The van der Waals surface area contributed by atoms with E-state index in [-0.39, 0.29) is 5.82 Å². The molecular weight excluding hydrogens is 572 g/mol. The summed E-state index contributed by atoms with van der Waals surface area (Å²) in [5, 5.41) is 14.2. The molecule has 0 fully saturated rings. The van der Waals surface area contributed by atoms with E-state index in [9.17, 15) is 4.39 Å². The average Bonchev–Trinajstić information content (AvgIpc) is 3.61. The van der Waals surface area contributed by atoms with Crippen LogP contribution in [0.15, 0.2) is 73.3 Å². The molecule has 0 bridgehead atoms. The summed E-state index contributed by atoms with van der Waals surface area (Å²) in [6, 6.07) is 11.9. The number of rotatable bonds is 11. The Hall–Kier alpha value is -5.16. The molecule has 4 heterocycles. The van der Waals surface area contributed by atoms with Crippen molar-refractivity contribution in [1.29, 1.82) is 0 Å². The Morgan fingerprint density at radius 3 is 2.60 bits per heavy atom. The number of hydrogen-bond donors (Lipinski definition) is 4. The van der Waals surface area contributed by atoms with Crippen molar-refractivity contribution < 1.29 is 8.78 Å². The highest BCUT2D eigenvalue weighted by Crippen LogP contribution is 2.36. The number of imidazole rings is 1. The largest absolute Gasteiger partial charge is 0.384 e. The number of pyridine rings is 2. The van der Waals surface area contributed by atoms with Crippen LogP contribution in [0.25, 0.3) is 55.8 Å². The molecule has 6 aromatic rings. The van der Waals surface area contributed by atoms with Gasteiger partial charge in [0.05, 0.1) is 34.0 Å². The minimum atomic E-state index is -0.450. The zero-order valence-corrected chi connectivity index (χ0v) is 25.7. The van der Waals surface area contributed by atoms with Crippen LogP contribution in [0, 0.1) is 17.6 Å². The van der Waals surface area contributed by atoms with Crippen molar-refractivity contribution in [3.63, 3.8) is 0 Å². The van der Waals surface area contributed by atoms with Gasteiger partial charge in [0.1, 0.15) is 22.8 Å². The van der Waals surface area contributed by atoms with Crippen LogP contribution in [0.5, 0.6) is 0 Å². The molecule has 45 heavy (non-hydrogen) atoms. The first kappa shape index (κ1) is 29.9. The number of hydrogen-bond acceptors (Lipinski definition) is 7. The Kier molecular flexibility index (Phi) is 8.27. The second-order valence-electron chi connectivity index (χ2n) is 11.8. The molecule has 0 amide bonds. The molecule has 0 spiro atoms. The van der Waals surface area contributed by atoms with E-state index in [0.29, 0.717) is 74.0 Å². The molecule has 0 atom stereocenters. The van der Waals surface area contributed by atoms with E-state index in [1.165, 1.54) is 12.1 Å². The summed E-state index contributed by atoms with van der Waals surface area (Å²) in [5.74, 6) is -0.0262. The summed E-state index contributed by atoms with van der Waals surface area (Å²) < 4.78 is 31.0. The Balaban J connectivity index is 1.37. The summed E-state index contributed by atoms with van der Waals surface area (Å²) in [6.07, 6.45) is 5.76. The zero-order valence-electron chi connectivity index (χ0n) is 25.7. The van der Waals surface area contributed by atoms with E-state index in [0.717, 1.165) is 24.4 Å². The highest BCUT2D eigenvalue weighted by molar-refractivity contribution is 5.98. The second kappa shape index (κ2) is 12.4. The third-order valence-electron chi connectivity index (χ3n) is 7.38. The van der Waals surface area contributed by atoms with Crippen molar-refractivity contribution in [3.05, 3.63) is 85.0 Å².